The molecule has 4 aliphatic rings. The zero-order chi connectivity index (χ0) is 27.8. The summed E-state index contributed by atoms with van der Waals surface area (Å²) in [5.41, 5.74) is 1.86. The number of nitrogens with zero attached hydrogens (tertiary/aromatic N) is 1. The van der Waals surface area contributed by atoms with Gasteiger partial charge in [0.05, 0.1) is 12.8 Å². The maximum absolute atomic E-state index is 12.6. The maximum atomic E-state index is 12.6. The lowest BCUT2D eigenvalue weighted by molar-refractivity contribution is -0.145. The minimum Gasteiger partial charge on any atom is -0.467 e. The summed E-state index contributed by atoms with van der Waals surface area (Å²) in [5.74, 6) is 3.41. The summed E-state index contributed by atoms with van der Waals surface area (Å²) < 4.78 is 4.86. The first-order chi connectivity index (χ1) is 18.6. The maximum Gasteiger partial charge on any atom is 0.333 e. The number of terminal acetylenes is 1. The Bertz CT molecular complexity index is 1220. The lowest BCUT2D eigenvalue weighted by Crippen LogP contribution is -2.54. The van der Waals surface area contributed by atoms with Crippen LogP contribution in [-0.4, -0.2) is 42.0 Å². The van der Waals surface area contributed by atoms with Gasteiger partial charge in [0.15, 0.2) is 12.6 Å². The van der Waals surface area contributed by atoms with Crippen LogP contribution in [0.3, 0.4) is 0 Å². The van der Waals surface area contributed by atoms with E-state index < -0.39 is 23.5 Å². The van der Waals surface area contributed by atoms with Gasteiger partial charge in [0, 0.05) is 5.41 Å². The Balaban J connectivity index is 1.22. The second-order valence-electron chi connectivity index (χ2n) is 12.3. The molecule has 0 bridgehead atoms. The van der Waals surface area contributed by atoms with E-state index in [-0.39, 0.29) is 17.4 Å². The van der Waals surface area contributed by atoms with Crippen LogP contribution >= 0.6 is 0 Å². The van der Waals surface area contributed by atoms with Crippen molar-refractivity contribution < 1.29 is 24.3 Å². The molecule has 2 N–H and O–H groups in total. The highest BCUT2D eigenvalue weighted by molar-refractivity contribution is 5.96. The molecule has 4 aliphatic carbocycles. The second-order valence-corrected chi connectivity index (χ2v) is 12.3. The molecule has 1 aromatic carbocycles. The molecule has 3 fully saturated rings. The molecule has 3 saturated carbocycles. The third-order valence-corrected chi connectivity index (χ3v) is 10.6. The Labute approximate surface area is 231 Å². The van der Waals surface area contributed by atoms with Gasteiger partial charge >= 0.3 is 5.97 Å². The minimum absolute atomic E-state index is 0.112. The fourth-order valence-electron chi connectivity index (χ4n) is 8.31. The van der Waals surface area contributed by atoms with Gasteiger partial charge < -0.3 is 20.0 Å². The summed E-state index contributed by atoms with van der Waals surface area (Å²) in [7, 11) is 1.29. The van der Waals surface area contributed by atoms with Gasteiger partial charge in [-0.2, -0.15) is 0 Å². The van der Waals surface area contributed by atoms with Crippen LogP contribution < -0.4 is 5.32 Å². The van der Waals surface area contributed by atoms with Crippen LogP contribution in [0.1, 0.15) is 76.8 Å². The van der Waals surface area contributed by atoms with Crippen molar-refractivity contribution >= 4 is 17.6 Å². The van der Waals surface area contributed by atoms with Crippen molar-refractivity contribution in [2.24, 2.45) is 33.7 Å². The summed E-state index contributed by atoms with van der Waals surface area (Å²) in [5, 5.41) is 18.2. The molecule has 0 aromatic heterocycles. The number of carbonyl (C=O) groups is 2. The van der Waals surface area contributed by atoms with Crippen molar-refractivity contribution in [3.63, 3.8) is 0 Å². The Morgan fingerprint density at radius 2 is 1.87 bits per heavy atom. The molecule has 0 radical (unpaired) electrons. The molecular weight excluding hydrogens is 492 g/mol. The molecule has 0 aliphatic heterocycles. The Morgan fingerprint density at radius 3 is 2.59 bits per heavy atom. The molecule has 208 valence electrons. The summed E-state index contributed by atoms with van der Waals surface area (Å²) in [6.45, 7) is 4.34. The number of hydrogen-bond donors (Lipinski definition) is 2. The SMILES string of the molecule is C#C[C@@]1(O)CC[C@H]2[C@@H]3CCC4=CC(=NOCC(=O)N[C@H](C(=O)OC)c5ccccc5)CC[C@]4(C)[C@H]3CC[C@@]21C. The molecule has 0 unspecified atom stereocenters. The molecule has 1 aromatic rings. The van der Waals surface area contributed by atoms with E-state index in [9.17, 15) is 14.7 Å². The summed E-state index contributed by atoms with van der Waals surface area (Å²) in [6.07, 6.45) is 15.7. The van der Waals surface area contributed by atoms with E-state index in [4.69, 9.17) is 16.0 Å². The van der Waals surface area contributed by atoms with Crippen molar-refractivity contribution in [3.8, 4) is 12.3 Å². The number of aliphatic hydroxyl groups is 1. The fraction of sp³-hybridized carbons (Fsp3) is 0.594. The van der Waals surface area contributed by atoms with E-state index in [1.165, 1.54) is 12.7 Å². The first-order valence-corrected chi connectivity index (χ1v) is 14.2. The number of esters is 1. The van der Waals surface area contributed by atoms with Gasteiger partial charge in [-0.1, -0.05) is 60.8 Å². The second kappa shape index (κ2) is 10.5. The number of amides is 1. The lowest BCUT2D eigenvalue weighted by atomic mass is 9.46. The number of rotatable bonds is 6. The minimum atomic E-state index is -0.979. The quantitative estimate of drug-likeness (QED) is 0.314. The number of methoxy groups -OCH3 is 1. The van der Waals surface area contributed by atoms with Gasteiger partial charge in [0.2, 0.25) is 0 Å². The van der Waals surface area contributed by atoms with Gasteiger partial charge in [-0.3, -0.25) is 4.79 Å². The van der Waals surface area contributed by atoms with Gasteiger partial charge in [-0.25, -0.2) is 4.79 Å². The largest absolute Gasteiger partial charge is 0.467 e. The molecule has 0 spiro atoms. The van der Waals surface area contributed by atoms with Gasteiger partial charge in [-0.05, 0) is 86.2 Å². The van der Waals surface area contributed by atoms with Crippen molar-refractivity contribution in [2.75, 3.05) is 13.7 Å². The number of hydrogen-bond acceptors (Lipinski definition) is 6. The van der Waals surface area contributed by atoms with E-state index in [2.05, 4.69) is 36.3 Å². The Morgan fingerprint density at radius 1 is 1.13 bits per heavy atom. The topological polar surface area (TPSA) is 97.2 Å². The first-order valence-electron chi connectivity index (χ1n) is 14.2. The van der Waals surface area contributed by atoms with Crippen LogP contribution in [0.5, 0.6) is 0 Å². The van der Waals surface area contributed by atoms with Crippen LogP contribution in [0.4, 0.5) is 0 Å². The van der Waals surface area contributed by atoms with Crippen LogP contribution in [0.15, 0.2) is 47.1 Å². The first kappa shape index (κ1) is 27.5. The molecule has 1 amide bonds. The standard InChI is InChI=1S/C32H40N2O5/c1-5-32(37)18-15-26-24-12-11-22-19-23(13-16-30(22,2)25(24)14-17-31(26,32)3)34-39-20-27(35)33-28(29(36)38-4)21-9-7-6-8-10-21/h1,6-10,19,24-26,28,37H,11-18,20H2,2-4H3,(H,33,35)/t24-,25+,26+,28+,30+,31+,32-/m1/s1. The zero-order valence-corrected chi connectivity index (χ0v) is 23.2. The molecular formula is C32H40N2O5. The lowest BCUT2D eigenvalue weighted by Gasteiger charge is -2.58. The van der Waals surface area contributed by atoms with E-state index in [1.807, 2.05) is 6.07 Å². The number of ether oxygens (including phenoxy) is 1. The monoisotopic (exact) mass is 532 g/mol. The number of carbonyl (C=O) groups excluding carboxylic acids is 2. The van der Waals surface area contributed by atoms with Crippen LogP contribution in [0, 0.1) is 40.9 Å². The molecule has 0 saturated heterocycles. The average molecular weight is 533 g/mol. The highest BCUT2D eigenvalue weighted by atomic mass is 16.6. The number of nitrogens with one attached hydrogen (secondary N) is 1. The van der Waals surface area contributed by atoms with Crippen molar-refractivity contribution in [1.29, 1.82) is 0 Å². The Hall–Kier alpha value is -3.11. The predicted octanol–water partition coefficient (Wildman–Crippen LogP) is 4.72. The molecule has 7 atom stereocenters. The summed E-state index contributed by atoms with van der Waals surface area (Å²) in [4.78, 5) is 30.2. The molecule has 0 heterocycles. The zero-order valence-electron chi connectivity index (χ0n) is 23.2. The summed E-state index contributed by atoms with van der Waals surface area (Å²) >= 11 is 0. The molecule has 39 heavy (non-hydrogen) atoms. The number of oxime groups is 1. The van der Waals surface area contributed by atoms with Gasteiger partial charge in [0.1, 0.15) is 5.60 Å². The van der Waals surface area contributed by atoms with Crippen molar-refractivity contribution in [2.45, 2.75) is 76.9 Å². The van der Waals surface area contributed by atoms with Gasteiger partial charge in [-0.15, -0.1) is 6.42 Å². The van der Waals surface area contributed by atoms with Crippen LogP contribution in [-0.2, 0) is 19.2 Å². The third kappa shape index (κ3) is 4.67. The molecule has 7 heteroatoms. The van der Waals surface area contributed by atoms with Crippen LogP contribution in [0.25, 0.3) is 0 Å². The average Bonchev–Trinajstić information content (AvgIpc) is 3.22. The van der Waals surface area contributed by atoms with Gasteiger partial charge in [0.25, 0.3) is 5.91 Å². The van der Waals surface area contributed by atoms with Crippen LogP contribution in [0.2, 0.25) is 0 Å². The smallest absolute Gasteiger partial charge is 0.333 e. The number of allylic oxidation sites excluding steroid dienone is 2. The summed E-state index contributed by atoms with van der Waals surface area (Å²) in [6, 6.07) is 8.06. The number of benzene rings is 1. The fourth-order valence-corrected chi connectivity index (χ4v) is 8.31. The predicted molar refractivity (Wildman–Crippen MR) is 148 cm³/mol. The molecule has 7 nitrogen and oxygen atoms in total. The van der Waals surface area contributed by atoms with E-state index in [0.29, 0.717) is 29.7 Å². The highest BCUT2D eigenvalue weighted by Gasteiger charge is 2.63. The van der Waals surface area contributed by atoms with Crippen molar-refractivity contribution in [1.82, 2.24) is 5.32 Å². The normalized spacial score (nSPS) is 36.8. The number of fused-ring (bicyclic) bond motifs is 5. The third-order valence-electron chi connectivity index (χ3n) is 10.6. The Kier molecular flexibility index (Phi) is 7.37. The van der Waals surface area contributed by atoms with E-state index in [1.54, 1.807) is 24.3 Å². The van der Waals surface area contributed by atoms with Crippen molar-refractivity contribution in [3.05, 3.63) is 47.5 Å². The van der Waals surface area contributed by atoms with E-state index >= 15 is 0 Å². The molecule has 5 rings (SSSR count). The highest BCUT2D eigenvalue weighted by Crippen LogP contribution is 2.67. The van der Waals surface area contributed by atoms with E-state index in [0.717, 1.165) is 50.7 Å².